The highest BCUT2D eigenvalue weighted by molar-refractivity contribution is 8.00. The van der Waals surface area contributed by atoms with Crippen molar-refractivity contribution in [1.82, 2.24) is 5.32 Å². The molecule has 0 radical (unpaired) electrons. The lowest BCUT2D eigenvalue weighted by Gasteiger charge is -2.15. The van der Waals surface area contributed by atoms with Crippen molar-refractivity contribution in [1.29, 1.82) is 0 Å². The van der Waals surface area contributed by atoms with Crippen LogP contribution in [0.3, 0.4) is 0 Å². The van der Waals surface area contributed by atoms with Gasteiger partial charge in [0.15, 0.2) is 0 Å². The van der Waals surface area contributed by atoms with Crippen LogP contribution in [-0.4, -0.2) is 34.0 Å². The summed E-state index contributed by atoms with van der Waals surface area (Å²) < 4.78 is 5.31. The Morgan fingerprint density at radius 1 is 0.878 bits per heavy atom. The third kappa shape index (κ3) is 7.96. The fourth-order valence-electron chi connectivity index (χ4n) is 3.66. The molecule has 10 heteroatoms. The molecular formula is C31H27N3O6S. The fraction of sp³-hybridized carbons (Fsp3) is 0.0968. The summed E-state index contributed by atoms with van der Waals surface area (Å²) in [6, 6.07) is 23.3. The standard InChI is InChI=1S/C31H27N3O6S/c1-19-10-11-22(31(38)39)17-26(19)33-28(35)20(2)41-25-14-12-23(13-15-25)32-30(37)27(18-24-9-6-16-40-24)34-29(36)21-7-4-3-5-8-21/h3-18,20H,1-2H3,(H,32,37)(H,33,35)(H,34,36)(H,38,39)/b27-18-. The number of amides is 3. The zero-order chi connectivity index (χ0) is 29.4. The third-order valence-electron chi connectivity index (χ3n) is 5.90. The van der Waals surface area contributed by atoms with E-state index in [2.05, 4.69) is 16.0 Å². The van der Waals surface area contributed by atoms with Gasteiger partial charge in [0.05, 0.1) is 17.1 Å². The summed E-state index contributed by atoms with van der Waals surface area (Å²) in [6.07, 6.45) is 2.90. The Kier molecular flexibility index (Phi) is 9.39. The quantitative estimate of drug-likeness (QED) is 0.140. The molecule has 1 unspecified atom stereocenters. The Morgan fingerprint density at radius 3 is 2.27 bits per heavy atom. The summed E-state index contributed by atoms with van der Waals surface area (Å²) in [5.41, 5.74) is 2.16. The molecule has 4 aromatic rings. The zero-order valence-electron chi connectivity index (χ0n) is 22.2. The van der Waals surface area contributed by atoms with E-state index in [-0.39, 0.29) is 17.2 Å². The number of carbonyl (C=O) groups is 4. The SMILES string of the molecule is Cc1ccc(C(=O)O)cc1NC(=O)C(C)Sc1ccc(NC(=O)/C(=C/c2ccco2)NC(=O)c2ccccc2)cc1. The summed E-state index contributed by atoms with van der Waals surface area (Å²) in [5, 5.41) is 16.9. The maximum Gasteiger partial charge on any atom is 0.335 e. The summed E-state index contributed by atoms with van der Waals surface area (Å²) in [5.74, 6) is -1.94. The predicted molar refractivity (Wildman–Crippen MR) is 158 cm³/mol. The average Bonchev–Trinajstić information content (AvgIpc) is 3.48. The number of furan rings is 1. The number of carboxylic acid groups (broad SMARTS) is 1. The minimum absolute atomic E-state index is 0.000177. The number of benzene rings is 3. The Hall–Kier alpha value is -5.09. The number of anilines is 2. The van der Waals surface area contributed by atoms with E-state index in [1.54, 1.807) is 86.6 Å². The number of hydrogen-bond acceptors (Lipinski definition) is 6. The minimum Gasteiger partial charge on any atom is -0.478 e. The van der Waals surface area contributed by atoms with Crippen LogP contribution in [0.5, 0.6) is 0 Å². The largest absolute Gasteiger partial charge is 0.478 e. The van der Waals surface area contributed by atoms with Crippen LogP contribution in [0, 0.1) is 6.92 Å². The van der Waals surface area contributed by atoms with Gasteiger partial charge in [-0.3, -0.25) is 14.4 Å². The first-order valence-electron chi connectivity index (χ1n) is 12.5. The van der Waals surface area contributed by atoms with Crippen molar-refractivity contribution in [2.75, 3.05) is 10.6 Å². The molecule has 0 saturated heterocycles. The van der Waals surface area contributed by atoms with Gasteiger partial charge in [0, 0.05) is 27.9 Å². The average molecular weight is 570 g/mol. The monoisotopic (exact) mass is 569 g/mol. The third-order valence-corrected chi connectivity index (χ3v) is 7.01. The van der Waals surface area contributed by atoms with Gasteiger partial charge >= 0.3 is 5.97 Å². The van der Waals surface area contributed by atoms with E-state index in [9.17, 15) is 24.3 Å². The highest BCUT2D eigenvalue weighted by Gasteiger charge is 2.18. The number of carbonyl (C=O) groups excluding carboxylic acids is 3. The van der Waals surface area contributed by atoms with Gasteiger partial charge in [0.2, 0.25) is 5.91 Å². The van der Waals surface area contributed by atoms with Crippen LogP contribution < -0.4 is 16.0 Å². The number of aryl methyl sites for hydroxylation is 1. The van der Waals surface area contributed by atoms with Crippen molar-refractivity contribution in [3.63, 3.8) is 0 Å². The van der Waals surface area contributed by atoms with E-state index in [1.807, 2.05) is 0 Å². The van der Waals surface area contributed by atoms with Crippen LogP contribution in [0.1, 0.15) is 39.0 Å². The zero-order valence-corrected chi connectivity index (χ0v) is 23.0. The Labute approximate surface area is 240 Å². The molecule has 0 bridgehead atoms. The van der Waals surface area contributed by atoms with E-state index in [1.165, 1.54) is 36.2 Å². The molecule has 0 aliphatic heterocycles. The first-order chi connectivity index (χ1) is 19.7. The number of aromatic carboxylic acids is 1. The minimum atomic E-state index is -1.07. The first-order valence-corrected chi connectivity index (χ1v) is 13.4. The fourth-order valence-corrected chi connectivity index (χ4v) is 4.52. The van der Waals surface area contributed by atoms with Gasteiger partial charge in [-0.1, -0.05) is 24.3 Å². The van der Waals surface area contributed by atoms with Crippen molar-refractivity contribution in [2.24, 2.45) is 0 Å². The van der Waals surface area contributed by atoms with Crippen molar-refractivity contribution < 1.29 is 28.7 Å². The van der Waals surface area contributed by atoms with Gasteiger partial charge in [-0.05, 0) is 80.1 Å². The summed E-state index contributed by atoms with van der Waals surface area (Å²) >= 11 is 1.31. The van der Waals surface area contributed by atoms with Crippen LogP contribution >= 0.6 is 11.8 Å². The highest BCUT2D eigenvalue weighted by Crippen LogP contribution is 2.27. The topological polar surface area (TPSA) is 138 Å². The lowest BCUT2D eigenvalue weighted by molar-refractivity contribution is -0.115. The molecule has 3 amide bonds. The Bertz CT molecular complexity index is 1580. The molecule has 0 fully saturated rings. The summed E-state index contributed by atoms with van der Waals surface area (Å²) in [7, 11) is 0. The van der Waals surface area contributed by atoms with E-state index >= 15 is 0 Å². The second kappa shape index (κ2) is 13.3. The Morgan fingerprint density at radius 2 is 1.61 bits per heavy atom. The maximum atomic E-state index is 13.1. The molecule has 0 aliphatic rings. The first kappa shape index (κ1) is 28.9. The molecule has 0 aliphatic carbocycles. The number of carboxylic acids is 1. The van der Waals surface area contributed by atoms with Gasteiger partial charge in [0.1, 0.15) is 11.5 Å². The van der Waals surface area contributed by atoms with Crippen molar-refractivity contribution in [3.05, 3.63) is 119 Å². The number of thioether (sulfide) groups is 1. The van der Waals surface area contributed by atoms with Crippen LogP contribution in [0.25, 0.3) is 6.08 Å². The van der Waals surface area contributed by atoms with Gasteiger partial charge < -0.3 is 25.5 Å². The van der Waals surface area contributed by atoms with Crippen molar-refractivity contribution in [3.8, 4) is 0 Å². The van der Waals surface area contributed by atoms with Crippen molar-refractivity contribution >= 4 is 52.9 Å². The molecule has 41 heavy (non-hydrogen) atoms. The molecule has 0 saturated carbocycles. The molecule has 3 aromatic carbocycles. The lowest BCUT2D eigenvalue weighted by Crippen LogP contribution is -2.30. The van der Waals surface area contributed by atoms with Gasteiger partial charge in [-0.2, -0.15) is 0 Å². The van der Waals surface area contributed by atoms with Crippen LogP contribution in [0.15, 0.2) is 106 Å². The molecule has 4 rings (SSSR count). The van der Waals surface area contributed by atoms with Gasteiger partial charge in [-0.25, -0.2) is 4.79 Å². The number of rotatable bonds is 10. The highest BCUT2D eigenvalue weighted by atomic mass is 32.2. The molecule has 1 heterocycles. The van der Waals surface area contributed by atoms with E-state index in [0.717, 1.165) is 10.5 Å². The molecule has 1 aromatic heterocycles. The predicted octanol–water partition coefficient (Wildman–Crippen LogP) is 5.82. The maximum absolute atomic E-state index is 13.1. The van der Waals surface area contributed by atoms with Crippen LogP contribution in [-0.2, 0) is 9.59 Å². The molecule has 0 spiro atoms. The molecule has 208 valence electrons. The van der Waals surface area contributed by atoms with E-state index < -0.39 is 23.0 Å². The van der Waals surface area contributed by atoms with E-state index in [0.29, 0.717) is 22.7 Å². The summed E-state index contributed by atoms with van der Waals surface area (Å²) in [4.78, 5) is 50.6. The number of hydrogen-bond donors (Lipinski definition) is 4. The van der Waals surface area contributed by atoms with Crippen LogP contribution in [0.4, 0.5) is 11.4 Å². The molecule has 1 atom stereocenters. The second-order valence-corrected chi connectivity index (χ2v) is 10.4. The van der Waals surface area contributed by atoms with E-state index in [4.69, 9.17) is 4.42 Å². The molecule has 9 nitrogen and oxygen atoms in total. The second-order valence-electron chi connectivity index (χ2n) is 8.96. The molecule has 4 N–H and O–H groups in total. The number of nitrogens with one attached hydrogen (secondary N) is 3. The van der Waals surface area contributed by atoms with Gasteiger partial charge in [0.25, 0.3) is 11.8 Å². The van der Waals surface area contributed by atoms with Crippen LogP contribution in [0.2, 0.25) is 0 Å². The summed E-state index contributed by atoms with van der Waals surface area (Å²) in [6.45, 7) is 3.53. The Balaban J connectivity index is 1.40. The smallest absolute Gasteiger partial charge is 0.335 e. The van der Waals surface area contributed by atoms with Crippen molar-refractivity contribution in [2.45, 2.75) is 24.0 Å². The van der Waals surface area contributed by atoms with Gasteiger partial charge in [-0.15, -0.1) is 11.8 Å². The molecular weight excluding hydrogens is 542 g/mol. The normalized spacial score (nSPS) is 11.8. The lowest BCUT2D eigenvalue weighted by atomic mass is 10.1.